The smallest absolute Gasteiger partial charge is 0.151 e. The maximum atomic E-state index is 7.86. The van der Waals surface area contributed by atoms with Gasteiger partial charge < -0.3 is 23.9 Å². The van der Waals surface area contributed by atoms with Gasteiger partial charge in [-0.25, -0.2) is 0 Å². The van der Waals surface area contributed by atoms with Gasteiger partial charge in [0.2, 0.25) is 0 Å². The van der Waals surface area contributed by atoms with Crippen molar-refractivity contribution in [3.63, 3.8) is 0 Å². The molecule has 7 aromatic carbocycles. The van der Waals surface area contributed by atoms with Crippen molar-refractivity contribution in [3.8, 4) is 11.5 Å². The van der Waals surface area contributed by atoms with Crippen LogP contribution in [0.1, 0.15) is 26.3 Å². The second kappa shape index (κ2) is 13.5. The normalized spacial score (nSPS) is 12.5. The first-order valence-corrected chi connectivity index (χ1v) is 18.5. The topological polar surface area (TPSA) is 32.1 Å². The molecule has 0 radical (unpaired) electrons. The maximum Gasteiger partial charge on any atom is 0.151 e. The van der Waals surface area contributed by atoms with Gasteiger partial charge in [0.1, 0.15) is 11.8 Å². The molecule has 6 heteroatoms. The Balaban J connectivity index is 1.34. The van der Waals surface area contributed by atoms with Crippen LogP contribution in [0.15, 0.2) is 181 Å². The van der Waals surface area contributed by atoms with Crippen LogP contribution in [0.2, 0.25) is 5.02 Å². The zero-order chi connectivity index (χ0) is 36.8. The minimum Gasteiger partial charge on any atom is -0.462 e. The van der Waals surface area contributed by atoms with Crippen LogP contribution in [-0.2, 0) is 5.41 Å². The van der Waals surface area contributed by atoms with E-state index in [1.54, 1.807) is 0 Å². The number of anilines is 9. The molecule has 0 saturated carbocycles. The van der Waals surface area contributed by atoms with Crippen LogP contribution in [0.5, 0.6) is 11.5 Å². The Kier molecular flexibility index (Phi) is 8.37. The summed E-state index contributed by atoms with van der Waals surface area (Å²) in [6.45, 7) is 6.71. The highest BCUT2D eigenvalue weighted by Crippen LogP contribution is 2.53. The fraction of sp³-hybridized carbons (Fsp3) is 0.0833. The van der Waals surface area contributed by atoms with Gasteiger partial charge in [0.25, 0.3) is 0 Å². The summed E-state index contributed by atoms with van der Waals surface area (Å²) >= 11 is 7.86. The van der Waals surface area contributed by atoms with Gasteiger partial charge in [0, 0.05) is 28.1 Å². The largest absolute Gasteiger partial charge is 0.462 e. The molecule has 264 valence electrons. The number of para-hydroxylation sites is 7. The van der Waals surface area contributed by atoms with Crippen LogP contribution < -0.4 is 19.4 Å². The van der Waals surface area contributed by atoms with E-state index in [1.165, 1.54) is 0 Å². The molecule has 0 unspecified atom stereocenters. The Hall–Kier alpha value is -6.43. The van der Waals surface area contributed by atoms with E-state index in [9.17, 15) is 0 Å². The predicted octanol–water partition coefficient (Wildman–Crippen LogP) is 14.9. The van der Waals surface area contributed by atoms with Crippen LogP contribution in [0.4, 0.5) is 51.2 Å². The highest BCUT2D eigenvalue weighted by molar-refractivity contribution is 6.37. The second-order valence-corrected chi connectivity index (χ2v) is 14.8. The Morgan fingerprint density at radius 3 is 1.80 bits per heavy atom. The van der Waals surface area contributed by atoms with E-state index in [0.29, 0.717) is 10.8 Å². The van der Waals surface area contributed by atoms with Gasteiger partial charge in [-0.05, 0) is 102 Å². The van der Waals surface area contributed by atoms with Crippen molar-refractivity contribution in [2.24, 2.45) is 0 Å². The van der Waals surface area contributed by atoms with E-state index < -0.39 is 0 Å². The number of furan rings is 1. The highest BCUT2D eigenvalue weighted by atomic mass is 35.5. The molecule has 1 aliphatic heterocycles. The number of ether oxygens (including phenoxy) is 1. The van der Waals surface area contributed by atoms with Crippen LogP contribution in [0, 0.1) is 0 Å². The fourth-order valence-electron chi connectivity index (χ4n) is 7.23. The van der Waals surface area contributed by atoms with E-state index >= 15 is 0 Å². The molecule has 0 fully saturated rings. The van der Waals surface area contributed by atoms with E-state index in [1.807, 2.05) is 85.1 Å². The molecule has 0 atom stereocenters. The Morgan fingerprint density at radius 1 is 0.519 bits per heavy atom. The van der Waals surface area contributed by atoms with Crippen LogP contribution >= 0.6 is 11.6 Å². The van der Waals surface area contributed by atoms with Gasteiger partial charge in [-0.2, -0.15) is 0 Å². The summed E-state index contributed by atoms with van der Waals surface area (Å²) in [7, 11) is 0. The number of benzene rings is 7. The molecule has 5 nitrogen and oxygen atoms in total. The average molecular weight is 724 g/mol. The minimum atomic E-state index is -0.229. The predicted molar refractivity (Wildman–Crippen MR) is 224 cm³/mol. The van der Waals surface area contributed by atoms with Gasteiger partial charge in [-0.3, -0.25) is 0 Å². The Labute approximate surface area is 320 Å². The number of nitrogens with zero attached hydrogens (tertiary/aromatic N) is 3. The van der Waals surface area contributed by atoms with Gasteiger partial charge in [-0.1, -0.05) is 111 Å². The zero-order valence-electron chi connectivity index (χ0n) is 30.3. The SMILES string of the molecule is CC(C)(C)c1cc(N2c3cccc(c3)N(c3ccccc3)c3ccccc3Oc3ccccc32)c(Cl)c(N(c2ccccc2)c2coc3ccccc23)c1. The lowest BCUT2D eigenvalue weighted by atomic mass is 9.86. The van der Waals surface area contributed by atoms with Crippen molar-refractivity contribution >= 4 is 73.8 Å². The quantitative estimate of drug-likeness (QED) is 0.176. The van der Waals surface area contributed by atoms with Gasteiger partial charge in [0.05, 0.1) is 33.5 Å². The molecule has 2 heterocycles. The first-order valence-electron chi connectivity index (χ1n) is 18.1. The molecule has 0 N–H and O–H groups in total. The summed E-state index contributed by atoms with van der Waals surface area (Å²) in [4.78, 5) is 6.68. The molecule has 1 aromatic heterocycles. The van der Waals surface area contributed by atoms with Crippen molar-refractivity contribution in [1.82, 2.24) is 0 Å². The molecular formula is C48H38ClN3O2. The van der Waals surface area contributed by atoms with Crippen molar-refractivity contribution in [2.45, 2.75) is 26.2 Å². The second-order valence-electron chi connectivity index (χ2n) is 14.4. The Bertz CT molecular complexity index is 2610. The van der Waals surface area contributed by atoms with Crippen LogP contribution in [0.25, 0.3) is 11.0 Å². The lowest BCUT2D eigenvalue weighted by Crippen LogP contribution is -2.19. The van der Waals surface area contributed by atoms with Crippen molar-refractivity contribution in [3.05, 3.63) is 187 Å². The van der Waals surface area contributed by atoms with E-state index in [0.717, 1.165) is 73.5 Å². The molecule has 0 saturated heterocycles. The summed E-state index contributed by atoms with van der Waals surface area (Å²) in [5.74, 6) is 1.43. The van der Waals surface area contributed by atoms with Crippen LogP contribution in [0.3, 0.4) is 0 Å². The van der Waals surface area contributed by atoms with Gasteiger partial charge in [0.15, 0.2) is 11.5 Å². The minimum absolute atomic E-state index is 0.229. The highest BCUT2D eigenvalue weighted by Gasteiger charge is 2.30. The summed E-state index contributed by atoms with van der Waals surface area (Å²) in [5, 5.41) is 1.57. The zero-order valence-corrected chi connectivity index (χ0v) is 31.0. The molecule has 54 heavy (non-hydrogen) atoms. The van der Waals surface area contributed by atoms with E-state index in [4.69, 9.17) is 20.8 Å². The lowest BCUT2D eigenvalue weighted by molar-refractivity contribution is 0.484. The lowest BCUT2D eigenvalue weighted by Gasteiger charge is -2.35. The fourth-order valence-corrected chi connectivity index (χ4v) is 7.51. The number of hydrogen-bond donors (Lipinski definition) is 0. The van der Waals surface area contributed by atoms with Crippen molar-refractivity contribution in [1.29, 1.82) is 0 Å². The number of halogens is 1. The van der Waals surface area contributed by atoms with Gasteiger partial charge in [-0.15, -0.1) is 0 Å². The molecule has 0 aliphatic carbocycles. The van der Waals surface area contributed by atoms with Crippen LogP contribution in [-0.4, -0.2) is 0 Å². The molecule has 0 spiro atoms. The maximum absolute atomic E-state index is 7.86. The summed E-state index contributed by atoms with van der Waals surface area (Å²) in [6.07, 6.45) is 1.82. The molecule has 1 aliphatic rings. The average Bonchev–Trinajstić information content (AvgIpc) is 3.62. The third kappa shape index (κ3) is 5.93. The summed E-state index contributed by atoms with van der Waals surface area (Å²) in [5.41, 5.74) is 9.94. The first kappa shape index (κ1) is 33.4. The summed E-state index contributed by atoms with van der Waals surface area (Å²) < 4.78 is 13.1. The third-order valence-corrected chi connectivity index (χ3v) is 10.3. The first-order chi connectivity index (χ1) is 26.3. The standard InChI is InChI=1S/C48H38ClN3O2/c1-48(2,3)33-29-41(51(35-19-8-5-9-20-35)43-32-53-44-26-13-10-23-38(43)44)47(49)42(30-33)52-37-22-16-21-36(31-37)50(34-17-6-4-7-18-34)39-24-11-14-27-45(39)54-46-28-15-12-25-40(46)52/h4-32H,1-3H3. The molecule has 0 amide bonds. The van der Waals surface area contributed by atoms with E-state index in [-0.39, 0.29) is 5.41 Å². The van der Waals surface area contributed by atoms with Crippen molar-refractivity contribution < 1.29 is 9.15 Å². The van der Waals surface area contributed by atoms with Gasteiger partial charge >= 0.3 is 0 Å². The monoisotopic (exact) mass is 723 g/mol. The summed E-state index contributed by atoms with van der Waals surface area (Å²) in [6, 6.07) is 58.2. The van der Waals surface area contributed by atoms with Crippen molar-refractivity contribution in [2.75, 3.05) is 14.7 Å². The molecular weight excluding hydrogens is 686 g/mol. The number of fused-ring (bicyclic) bond motifs is 5. The molecule has 9 rings (SSSR count). The molecule has 8 aromatic rings. The molecule has 2 bridgehead atoms. The van der Waals surface area contributed by atoms with E-state index in [2.05, 4.69) is 126 Å². The Morgan fingerprint density at radius 2 is 1.09 bits per heavy atom. The third-order valence-electron chi connectivity index (χ3n) is 9.89. The number of hydrogen-bond acceptors (Lipinski definition) is 5. The number of rotatable bonds is 5.